The maximum absolute atomic E-state index is 16.9. The molecule has 2 N–H and O–H groups in total. The summed E-state index contributed by atoms with van der Waals surface area (Å²) in [5.41, 5.74) is 1.25. The van der Waals surface area contributed by atoms with Crippen molar-refractivity contribution in [2.45, 2.75) is 57.8 Å². The predicted octanol–water partition coefficient (Wildman–Crippen LogP) is 8.03. The third-order valence-electron chi connectivity index (χ3n) is 10.5. The van der Waals surface area contributed by atoms with Gasteiger partial charge in [-0.25, -0.2) is 28.8 Å². The van der Waals surface area contributed by atoms with Crippen LogP contribution in [0.5, 0.6) is 5.88 Å². The largest absolute Gasteiger partial charge is 0.480 e. The number of ether oxygens (including phenoxy) is 1. The van der Waals surface area contributed by atoms with Crippen LogP contribution in [0.2, 0.25) is 0 Å². The Morgan fingerprint density at radius 3 is 2.53 bits per heavy atom. The Morgan fingerprint density at radius 1 is 1.03 bits per heavy atom. The van der Waals surface area contributed by atoms with Crippen molar-refractivity contribution in [2.75, 3.05) is 25.1 Å². The third-order valence-corrected chi connectivity index (χ3v) is 10.5. The van der Waals surface area contributed by atoms with E-state index in [-0.39, 0.29) is 77.8 Å². The van der Waals surface area contributed by atoms with E-state index in [4.69, 9.17) is 4.74 Å². The number of hydrogen-bond acceptors (Lipinski definition) is 9. The maximum atomic E-state index is 16.9. The molecule has 8 rings (SSSR count). The highest BCUT2D eigenvalue weighted by Crippen LogP contribution is 2.46. The first kappa shape index (κ1) is 41.5. The fourth-order valence-corrected chi connectivity index (χ4v) is 7.28. The second-order valence-electron chi connectivity index (χ2n) is 15.1. The fraction of sp³-hybridized carbons (Fsp3) is 0.267. The lowest BCUT2D eigenvalue weighted by atomic mass is 10.0. The van der Waals surface area contributed by atoms with Crippen molar-refractivity contribution in [3.8, 4) is 28.5 Å². The molecule has 12 nitrogen and oxygen atoms in total. The second-order valence-corrected chi connectivity index (χ2v) is 15.1. The Hall–Kier alpha value is -7.22. The molecular formula is C45H38F5N9O3. The van der Waals surface area contributed by atoms with Crippen LogP contribution in [0.1, 0.15) is 77.2 Å². The SMILES string of the molecule is COc1ncnc(C2CC2)c1-c1nccc(N(CCNC(=O)c2cc(Cc3n[nH]c(=O)c4ccccc34)ccc2F)Cc2c#cc(-c3nc(C(F)(F)F)cn3C(C)C)cc2)c1F. The van der Waals surface area contributed by atoms with Crippen LogP contribution in [0.3, 0.4) is 0 Å². The number of alkyl halides is 3. The van der Waals surface area contributed by atoms with Crippen molar-refractivity contribution in [1.82, 2.24) is 40.0 Å². The molecule has 3 aromatic carbocycles. The van der Waals surface area contributed by atoms with Crippen LogP contribution in [0.15, 0.2) is 84.2 Å². The molecule has 1 aliphatic carbocycles. The van der Waals surface area contributed by atoms with Gasteiger partial charge in [-0.05, 0) is 68.7 Å². The summed E-state index contributed by atoms with van der Waals surface area (Å²) in [6.45, 7) is 3.40. The van der Waals surface area contributed by atoms with Gasteiger partial charge in [-0.2, -0.15) is 18.3 Å². The molecule has 0 aliphatic heterocycles. The number of H-pyrrole nitrogens is 1. The normalized spacial score (nSPS) is 12.7. The van der Waals surface area contributed by atoms with E-state index in [1.54, 1.807) is 55.1 Å². The van der Waals surface area contributed by atoms with Gasteiger partial charge in [0.15, 0.2) is 11.5 Å². The van der Waals surface area contributed by atoms with E-state index in [2.05, 4.69) is 47.6 Å². The van der Waals surface area contributed by atoms with E-state index in [1.165, 1.54) is 48.5 Å². The number of carbonyl (C=O) groups excluding carboxylic acids is 1. The molecule has 0 unspecified atom stereocenters. The van der Waals surface area contributed by atoms with Crippen LogP contribution >= 0.6 is 0 Å². The van der Waals surface area contributed by atoms with Crippen molar-refractivity contribution >= 4 is 22.4 Å². The van der Waals surface area contributed by atoms with Crippen molar-refractivity contribution in [3.05, 3.63) is 147 Å². The fourth-order valence-electron chi connectivity index (χ4n) is 7.28. The summed E-state index contributed by atoms with van der Waals surface area (Å²) < 4.78 is 80.0. The number of carbonyl (C=O) groups is 1. The number of hydrogen-bond donors (Lipinski definition) is 2. The quantitative estimate of drug-likeness (QED) is 0.104. The van der Waals surface area contributed by atoms with Crippen molar-refractivity contribution in [1.29, 1.82) is 0 Å². The number of aromatic nitrogens is 7. The zero-order chi connectivity index (χ0) is 43.7. The number of nitrogens with one attached hydrogen (secondary N) is 2. The van der Waals surface area contributed by atoms with Crippen molar-refractivity contribution < 1.29 is 31.5 Å². The van der Waals surface area contributed by atoms with Gasteiger partial charge in [-0.1, -0.05) is 36.4 Å². The number of pyridine rings is 1. The summed E-state index contributed by atoms with van der Waals surface area (Å²) in [6.07, 6.45) is 1.03. The number of benzene rings is 2. The van der Waals surface area contributed by atoms with Gasteiger partial charge in [-0.15, -0.1) is 0 Å². The van der Waals surface area contributed by atoms with E-state index in [0.717, 1.165) is 19.0 Å². The minimum atomic E-state index is -4.65. The van der Waals surface area contributed by atoms with Gasteiger partial charge in [0.2, 0.25) is 5.88 Å². The van der Waals surface area contributed by atoms with Crippen LogP contribution in [0, 0.1) is 23.8 Å². The Labute approximate surface area is 351 Å². The lowest BCUT2D eigenvalue weighted by molar-refractivity contribution is -0.140. The number of rotatable bonds is 14. The number of methoxy groups -OCH3 is 1. The van der Waals surface area contributed by atoms with Gasteiger partial charge in [0.1, 0.15) is 23.7 Å². The lowest BCUT2D eigenvalue weighted by Gasteiger charge is -2.26. The monoisotopic (exact) mass is 847 g/mol. The van der Waals surface area contributed by atoms with Gasteiger partial charge in [0.05, 0.1) is 52.8 Å². The minimum Gasteiger partial charge on any atom is -0.480 e. The van der Waals surface area contributed by atoms with Crippen molar-refractivity contribution in [2.24, 2.45) is 0 Å². The van der Waals surface area contributed by atoms with Crippen LogP contribution in [0.25, 0.3) is 33.4 Å². The predicted molar refractivity (Wildman–Crippen MR) is 219 cm³/mol. The molecule has 0 spiro atoms. The number of halogens is 5. The van der Waals surface area contributed by atoms with Gasteiger partial charge in [0.25, 0.3) is 11.5 Å². The third kappa shape index (κ3) is 8.53. The number of amides is 1. The molecule has 62 heavy (non-hydrogen) atoms. The zero-order valence-electron chi connectivity index (χ0n) is 33.6. The number of aromatic amines is 1. The molecule has 17 heteroatoms. The van der Waals surface area contributed by atoms with Gasteiger partial charge >= 0.3 is 6.18 Å². The number of anilines is 1. The summed E-state index contributed by atoms with van der Waals surface area (Å²) in [6, 6.07) is 21.3. The molecule has 1 aliphatic rings. The molecule has 316 valence electrons. The number of imidazole rings is 1. The molecule has 0 atom stereocenters. The Kier molecular flexibility index (Phi) is 11.4. The van der Waals surface area contributed by atoms with Gasteiger partial charge in [-0.3, -0.25) is 14.6 Å². The average molecular weight is 848 g/mol. The Bertz CT molecular complexity index is 2840. The first-order valence-electron chi connectivity index (χ1n) is 19.7. The molecule has 7 aromatic rings. The van der Waals surface area contributed by atoms with Gasteiger partial charge in [0, 0.05) is 54.8 Å². The molecule has 4 aromatic heterocycles. The summed E-state index contributed by atoms with van der Waals surface area (Å²) in [7, 11) is 1.42. The highest BCUT2D eigenvalue weighted by Gasteiger charge is 2.36. The average Bonchev–Trinajstić information content (AvgIpc) is 4.01. The molecule has 1 amide bonds. The molecule has 0 saturated heterocycles. The summed E-state index contributed by atoms with van der Waals surface area (Å²) in [5, 5.41) is 10.5. The molecule has 4 heterocycles. The Morgan fingerprint density at radius 2 is 1.82 bits per heavy atom. The van der Waals surface area contributed by atoms with Crippen LogP contribution in [-0.2, 0) is 19.1 Å². The number of nitrogens with zero attached hydrogens (tertiary/aromatic N) is 7. The summed E-state index contributed by atoms with van der Waals surface area (Å²) >= 11 is 0. The van der Waals surface area contributed by atoms with Crippen LogP contribution in [0.4, 0.5) is 27.6 Å². The molecular weight excluding hydrogens is 810 g/mol. The van der Waals surface area contributed by atoms with Gasteiger partial charge < -0.3 is 19.5 Å². The summed E-state index contributed by atoms with van der Waals surface area (Å²) in [4.78, 5) is 44.4. The highest BCUT2D eigenvalue weighted by atomic mass is 19.4. The summed E-state index contributed by atoms with van der Waals surface area (Å²) in [5.74, 6) is -1.89. The molecule has 0 bridgehead atoms. The Balaban J connectivity index is 1.08. The smallest absolute Gasteiger partial charge is 0.434 e. The molecule has 0 radical (unpaired) electrons. The lowest BCUT2D eigenvalue weighted by Crippen LogP contribution is -2.35. The zero-order valence-corrected chi connectivity index (χ0v) is 33.6. The van der Waals surface area contributed by atoms with E-state index in [9.17, 15) is 22.8 Å². The van der Waals surface area contributed by atoms with E-state index in [1.807, 2.05) is 0 Å². The van der Waals surface area contributed by atoms with Crippen LogP contribution in [-0.4, -0.2) is 60.8 Å². The standard InChI is InChI=1S/C45H38F5N9O3/c1-25(2)59-23-36(45(48,49)50)55-41(59)29-11-8-26(9-12-29)22-58(35-16-17-51-40(38(35)47)37-39(28-13-14-28)53-24-54-44(37)62-3)19-18-52-42(60)32-20-27(10-15-33(32)46)21-34-30-6-4-5-7-31(30)43(61)57-56-34/h4-8,10-11,15-17,20,23-25,28H,13-14,18-19,21-22H2,1-3H3,(H,52,60)(H,57,61). The maximum Gasteiger partial charge on any atom is 0.434 e. The van der Waals surface area contributed by atoms with Crippen LogP contribution < -0.4 is 20.5 Å². The van der Waals surface area contributed by atoms with E-state index < -0.39 is 29.4 Å². The first-order chi connectivity index (χ1) is 29.8. The second kappa shape index (κ2) is 17.0. The molecule has 1 fully saturated rings. The number of fused-ring (bicyclic) bond motifs is 1. The first-order valence-corrected chi connectivity index (χ1v) is 19.7. The van der Waals surface area contributed by atoms with E-state index in [0.29, 0.717) is 38.9 Å². The topological polar surface area (TPSA) is 144 Å². The van der Waals surface area contributed by atoms with Crippen molar-refractivity contribution in [3.63, 3.8) is 0 Å². The minimum absolute atomic E-state index is 0.000900. The molecule has 1 saturated carbocycles. The van der Waals surface area contributed by atoms with E-state index >= 15 is 8.78 Å². The highest BCUT2D eigenvalue weighted by molar-refractivity contribution is 5.94.